The molecule has 0 saturated heterocycles. The van der Waals surface area contributed by atoms with Crippen LogP contribution in [0.1, 0.15) is 13.8 Å². The molecule has 15 heavy (non-hydrogen) atoms. The third kappa shape index (κ3) is 2.08. The van der Waals surface area contributed by atoms with Crippen LogP contribution in [0.2, 0.25) is 0 Å². The van der Waals surface area contributed by atoms with Gasteiger partial charge in [-0.2, -0.15) is 0 Å². The van der Waals surface area contributed by atoms with E-state index in [0.29, 0.717) is 0 Å². The number of nitrogens with one attached hydrogen (secondary N) is 1. The molecule has 6 nitrogen and oxygen atoms in total. The summed E-state index contributed by atoms with van der Waals surface area (Å²) in [4.78, 5) is 32.3. The summed E-state index contributed by atoms with van der Waals surface area (Å²) in [6, 6.07) is 0. The lowest BCUT2D eigenvalue weighted by atomic mass is 10.1. The maximum atomic E-state index is 11.4. The molecule has 1 fully saturated rings. The Morgan fingerprint density at radius 3 is 2.07 bits per heavy atom. The molecular weight excluding hydrogens is 202 g/mol. The van der Waals surface area contributed by atoms with E-state index in [-0.39, 0.29) is 0 Å². The highest BCUT2D eigenvalue weighted by Gasteiger charge is 2.65. The minimum Gasteiger partial charge on any atom is -0.481 e. The molecule has 1 rings (SSSR count). The zero-order valence-electron chi connectivity index (χ0n) is 8.48. The zero-order chi connectivity index (χ0) is 11.8. The number of aliphatic carboxylic acids is 2. The van der Waals surface area contributed by atoms with Crippen molar-refractivity contribution in [3.05, 3.63) is 0 Å². The van der Waals surface area contributed by atoms with Gasteiger partial charge in [-0.3, -0.25) is 14.4 Å². The first-order chi connectivity index (χ1) is 6.78. The third-order valence-electron chi connectivity index (χ3n) is 2.79. The van der Waals surface area contributed by atoms with Crippen LogP contribution < -0.4 is 5.32 Å². The van der Waals surface area contributed by atoms with Crippen LogP contribution in [0.4, 0.5) is 0 Å². The fourth-order valence-corrected chi connectivity index (χ4v) is 1.86. The van der Waals surface area contributed by atoms with Gasteiger partial charge in [-0.05, 0) is 5.41 Å². The summed E-state index contributed by atoms with van der Waals surface area (Å²) in [5.74, 6) is -4.01. The number of carbonyl (C=O) groups is 3. The summed E-state index contributed by atoms with van der Waals surface area (Å²) in [5, 5.41) is 19.3. The first-order valence-corrected chi connectivity index (χ1v) is 4.50. The van der Waals surface area contributed by atoms with E-state index in [1.54, 1.807) is 13.8 Å². The van der Waals surface area contributed by atoms with E-state index < -0.39 is 41.6 Å². The van der Waals surface area contributed by atoms with Crippen molar-refractivity contribution in [2.45, 2.75) is 13.8 Å². The van der Waals surface area contributed by atoms with Crippen LogP contribution in [0, 0.1) is 17.3 Å². The summed E-state index contributed by atoms with van der Waals surface area (Å²) in [6.45, 7) is 2.88. The number of rotatable bonds is 4. The molecule has 0 bridgehead atoms. The molecule has 0 aliphatic heterocycles. The lowest BCUT2D eigenvalue weighted by Crippen LogP contribution is -2.32. The van der Waals surface area contributed by atoms with Gasteiger partial charge in [0.2, 0.25) is 5.91 Å². The molecule has 1 amide bonds. The van der Waals surface area contributed by atoms with Crippen LogP contribution >= 0.6 is 0 Å². The summed E-state index contributed by atoms with van der Waals surface area (Å²) in [5.41, 5.74) is -0.589. The highest BCUT2D eigenvalue weighted by molar-refractivity contribution is 5.92. The summed E-state index contributed by atoms with van der Waals surface area (Å²) < 4.78 is 0. The van der Waals surface area contributed by atoms with E-state index in [4.69, 9.17) is 10.2 Å². The van der Waals surface area contributed by atoms with Gasteiger partial charge in [-0.15, -0.1) is 0 Å². The van der Waals surface area contributed by atoms with Gasteiger partial charge in [0.15, 0.2) is 0 Å². The smallest absolute Gasteiger partial charge is 0.322 e. The SMILES string of the molecule is CC1(C)[C@H](C(=O)NCC(=O)O)[C@@H]1C(=O)O. The number of amides is 1. The Morgan fingerprint density at radius 1 is 1.20 bits per heavy atom. The highest BCUT2D eigenvalue weighted by Crippen LogP contribution is 2.58. The average Bonchev–Trinajstić information content (AvgIpc) is 2.65. The van der Waals surface area contributed by atoms with Crippen molar-refractivity contribution < 1.29 is 24.6 Å². The summed E-state index contributed by atoms with van der Waals surface area (Å²) >= 11 is 0. The van der Waals surface area contributed by atoms with Gasteiger partial charge < -0.3 is 15.5 Å². The Morgan fingerprint density at radius 2 is 1.73 bits per heavy atom. The Balaban J connectivity index is 2.56. The van der Waals surface area contributed by atoms with Crippen molar-refractivity contribution in [2.24, 2.45) is 17.3 Å². The van der Waals surface area contributed by atoms with E-state index in [1.807, 2.05) is 0 Å². The monoisotopic (exact) mass is 215 g/mol. The number of hydrogen-bond acceptors (Lipinski definition) is 3. The van der Waals surface area contributed by atoms with Crippen LogP contribution in [-0.2, 0) is 14.4 Å². The molecule has 1 aliphatic rings. The highest BCUT2D eigenvalue weighted by atomic mass is 16.4. The van der Waals surface area contributed by atoms with Crippen molar-refractivity contribution in [1.29, 1.82) is 0 Å². The maximum Gasteiger partial charge on any atom is 0.322 e. The lowest BCUT2D eigenvalue weighted by molar-refractivity contribution is -0.140. The predicted octanol–water partition coefficient (Wildman–Crippen LogP) is -0.456. The van der Waals surface area contributed by atoms with Gasteiger partial charge in [-0.1, -0.05) is 13.8 Å². The molecule has 1 aliphatic carbocycles. The van der Waals surface area contributed by atoms with Gasteiger partial charge in [0, 0.05) is 0 Å². The number of hydrogen-bond donors (Lipinski definition) is 3. The molecule has 0 aromatic rings. The molecule has 0 unspecified atom stereocenters. The third-order valence-corrected chi connectivity index (χ3v) is 2.79. The molecule has 0 radical (unpaired) electrons. The second-order valence-electron chi connectivity index (χ2n) is 4.23. The average molecular weight is 215 g/mol. The molecule has 6 heteroatoms. The molecular formula is C9H13NO5. The first kappa shape index (κ1) is 11.5. The van der Waals surface area contributed by atoms with Crippen LogP contribution in [0.25, 0.3) is 0 Å². The Labute approximate surface area is 86.3 Å². The molecule has 1 saturated carbocycles. The normalized spacial score (nSPS) is 26.8. The Hall–Kier alpha value is -1.59. The fraction of sp³-hybridized carbons (Fsp3) is 0.667. The van der Waals surface area contributed by atoms with Crippen LogP contribution in [-0.4, -0.2) is 34.6 Å². The standard InChI is InChI=1S/C9H13NO5/c1-9(2)5(6(9)8(14)15)7(13)10-3-4(11)12/h5-6H,3H2,1-2H3,(H,10,13)(H,11,12)(H,14,15)/t5-,6+/m0/s1. The Kier molecular flexibility index (Phi) is 2.70. The molecule has 84 valence electrons. The molecule has 0 heterocycles. The van der Waals surface area contributed by atoms with Crippen molar-refractivity contribution in [1.82, 2.24) is 5.32 Å². The first-order valence-electron chi connectivity index (χ1n) is 4.50. The number of carbonyl (C=O) groups excluding carboxylic acids is 1. The van der Waals surface area contributed by atoms with Crippen molar-refractivity contribution in [3.8, 4) is 0 Å². The predicted molar refractivity (Wildman–Crippen MR) is 49.0 cm³/mol. The van der Waals surface area contributed by atoms with E-state index in [1.165, 1.54) is 0 Å². The van der Waals surface area contributed by atoms with Crippen LogP contribution in [0.5, 0.6) is 0 Å². The summed E-state index contributed by atoms with van der Waals surface area (Å²) in [6.07, 6.45) is 0. The quantitative estimate of drug-likeness (QED) is 0.589. The van der Waals surface area contributed by atoms with Gasteiger partial charge in [-0.25, -0.2) is 0 Å². The Bertz CT molecular complexity index is 322. The molecule has 0 aromatic heterocycles. The van der Waals surface area contributed by atoms with Crippen molar-refractivity contribution >= 4 is 17.8 Å². The van der Waals surface area contributed by atoms with E-state index >= 15 is 0 Å². The molecule has 0 spiro atoms. The second-order valence-corrected chi connectivity index (χ2v) is 4.23. The number of carboxylic acid groups (broad SMARTS) is 2. The van der Waals surface area contributed by atoms with E-state index in [9.17, 15) is 14.4 Å². The van der Waals surface area contributed by atoms with Gasteiger partial charge in [0.05, 0.1) is 11.8 Å². The van der Waals surface area contributed by atoms with Crippen molar-refractivity contribution in [3.63, 3.8) is 0 Å². The van der Waals surface area contributed by atoms with Crippen LogP contribution in [0.15, 0.2) is 0 Å². The minimum absolute atomic E-state index is 0.474. The van der Waals surface area contributed by atoms with E-state index in [0.717, 1.165) is 0 Å². The van der Waals surface area contributed by atoms with Crippen molar-refractivity contribution in [2.75, 3.05) is 6.54 Å². The molecule has 2 atom stereocenters. The molecule has 3 N–H and O–H groups in total. The second kappa shape index (κ2) is 3.52. The van der Waals surface area contributed by atoms with Gasteiger partial charge in [0.1, 0.15) is 6.54 Å². The molecule has 0 aromatic carbocycles. The topological polar surface area (TPSA) is 104 Å². The zero-order valence-corrected chi connectivity index (χ0v) is 8.48. The van der Waals surface area contributed by atoms with Gasteiger partial charge in [0.25, 0.3) is 0 Å². The lowest BCUT2D eigenvalue weighted by Gasteiger charge is -2.02. The summed E-state index contributed by atoms with van der Waals surface area (Å²) in [7, 11) is 0. The minimum atomic E-state index is -1.14. The van der Waals surface area contributed by atoms with E-state index in [2.05, 4.69) is 5.32 Å². The number of carboxylic acids is 2. The van der Waals surface area contributed by atoms with Gasteiger partial charge >= 0.3 is 11.9 Å². The maximum absolute atomic E-state index is 11.4. The largest absolute Gasteiger partial charge is 0.481 e. The fourth-order valence-electron chi connectivity index (χ4n) is 1.86. The van der Waals surface area contributed by atoms with Crippen LogP contribution in [0.3, 0.4) is 0 Å².